The molecule has 0 aliphatic rings. The van der Waals surface area contributed by atoms with Crippen molar-refractivity contribution in [3.63, 3.8) is 0 Å². The van der Waals surface area contributed by atoms with Gasteiger partial charge in [-0.1, -0.05) is 29.8 Å². The van der Waals surface area contributed by atoms with Crippen LogP contribution < -0.4 is 14.8 Å². The van der Waals surface area contributed by atoms with E-state index in [0.29, 0.717) is 17.9 Å². The largest absolute Gasteiger partial charge is 0.493 e. The number of aryl methyl sites for hydroxylation is 1. The summed E-state index contributed by atoms with van der Waals surface area (Å²) in [6.07, 6.45) is 0. The molecular weight excluding hydrogens is 381 g/mol. The summed E-state index contributed by atoms with van der Waals surface area (Å²) in [5, 5.41) is 2.95. The number of carbonyl (C=O) groups excluding carboxylic acids is 1. The summed E-state index contributed by atoms with van der Waals surface area (Å²) in [7, 11) is 0. The predicted octanol–water partition coefficient (Wildman–Crippen LogP) is 5.60. The molecular formula is C25H26FNO3. The minimum Gasteiger partial charge on any atom is -0.493 e. The molecule has 0 saturated heterocycles. The standard InChI is InChI=1S/C25H26FNO3/c1-4-29-24-14-9-20(15-21(24)16-30-23-12-5-17(2)6-13-23)25(28)27-18(3)19-7-10-22(26)11-8-19/h5-15,18H,4,16H2,1-3H3,(H,27,28)/t18-/m1/s1. The molecule has 4 nitrogen and oxygen atoms in total. The van der Waals surface area contributed by atoms with E-state index in [0.717, 1.165) is 22.4 Å². The lowest BCUT2D eigenvalue weighted by Crippen LogP contribution is -2.26. The van der Waals surface area contributed by atoms with Crippen LogP contribution in [-0.4, -0.2) is 12.5 Å². The molecule has 0 unspecified atom stereocenters. The van der Waals surface area contributed by atoms with E-state index in [1.165, 1.54) is 12.1 Å². The Labute approximate surface area is 176 Å². The number of rotatable bonds is 8. The van der Waals surface area contributed by atoms with E-state index < -0.39 is 0 Å². The summed E-state index contributed by atoms with van der Waals surface area (Å²) >= 11 is 0. The molecule has 0 spiro atoms. The highest BCUT2D eigenvalue weighted by molar-refractivity contribution is 5.94. The van der Waals surface area contributed by atoms with Gasteiger partial charge in [0.25, 0.3) is 5.91 Å². The second-order valence-electron chi connectivity index (χ2n) is 7.10. The van der Waals surface area contributed by atoms with Gasteiger partial charge in [0, 0.05) is 11.1 Å². The van der Waals surface area contributed by atoms with Crippen molar-refractivity contribution in [3.05, 3.63) is 94.8 Å². The summed E-state index contributed by atoms with van der Waals surface area (Å²) in [4.78, 5) is 12.8. The van der Waals surface area contributed by atoms with Gasteiger partial charge in [-0.05, 0) is 68.8 Å². The van der Waals surface area contributed by atoms with Crippen LogP contribution in [0.25, 0.3) is 0 Å². The zero-order chi connectivity index (χ0) is 21.5. The maximum atomic E-state index is 13.1. The zero-order valence-corrected chi connectivity index (χ0v) is 17.4. The highest BCUT2D eigenvalue weighted by Gasteiger charge is 2.14. The van der Waals surface area contributed by atoms with E-state index in [2.05, 4.69) is 5.32 Å². The Bertz CT molecular complexity index is 984. The van der Waals surface area contributed by atoms with Crippen LogP contribution in [0.2, 0.25) is 0 Å². The van der Waals surface area contributed by atoms with E-state index in [1.54, 1.807) is 30.3 Å². The van der Waals surface area contributed by atoms with Crippen LogP contribution in [0.15, 0.2) is 66.7 Å². The SMILES string of the molecule is CCOc1ccc(C(=O)N[C@H](C)c2ccc(F)cc2)cc1COc1ccc(C)cc1. The molecule has 0 fully saturated rings. The van der Waals surface area contributed by atoms with E-state index in [1.807, 2.05) is 45.0 Å². The minimum absolute atomic E-state index is 0.216. The van der Waals surface area contributed by atoms with Crippen LogP contribution in [0.3, 0.4) is 0 Å². The first-order chi connectivity index (χ1) is 14.5. The highest BCUT2D eigenvalue weighted by atomic mass is 19.1. The van der Waals surface area contributed by atoms with Crippen LogP contribution in [-0.2, 0) is 6.61 Å². The lowest BCUT2D eigenvalue weighted by atomic mass is 10.1. The molecule has 1 amide bonds. The summed E-state index contributed by atoms with van der Waals surface area (Å²) in [5.74, 6) is 0.920. The fourth-order valence-corrected chi connectivity index (χ4v) is 3.04. The predicted molar refractivity (Wildman–Crippen MR) is 115 cm³/mol. The van der Waals surface area contributed by atoms with Gasteiger partial charge in [0.1, 0.15) is 23.9 Å². The summed E-state index contributed by atoms with van der Waals surface area (Å²) in [6, 6.07) is 18.9. The first kappa shape index (κ1) is 21.4. The van der Waals surface area contributed by atoms with Gasteiger partial charge >= 0.3 is 0 Å². The topological polar surface area (TPSA) is 47.6 Å². The molecule has 0 aliphatic carbocycles. The first-order valence-electron chi connectivity index (χ1n) is 9.97. The van der Waals surface area contributed by atoms with Gasteiger partial charge < -0.3 is 14.8 Å². The molecule has 0 aromatic heterocycles. The number of carbonyl (C=O) groups is 1. The van der Waals surface area contributed by atoms with E-state index in [4.69, 9.17) is 9.47 Å². The highest BCUT2D eigenvalue weighted by Crippen LogP contribution is 2.24. The number of amides is 1. The van der Waals surface area contributed by atoms with E-state index in [9.17, 15) is 9.18 Å². The number of halogens is 1. The van der Waals surface area contributed by atoms with Crippen LogP contribution >= 0.6 is 0 Å². The summed E-state index contributed by atoms with van der Waals surface area (Å²) < 4.78 is 24.7. The summed E-state index contributed by atoms with van der Waals surface area (Å²) in [5.41, 5.74) is 3.29. The fraction of sp³-hybridized carbons (Fsp3) is 0.240. The van der Waals surface area contributed by atoms with Crippen LogP contribution in [0.4, 0.5) is 4.39 Å². The average Bonchev–Trinajstić information content (AvgIpc) is 2.74. The molecule has 3 aromatic carbocycles. The van der Waals surface area contributed by atoms with E-state index >= 15 is 0 Å². The van der Waals surface area contributed by atoms with Crippen molar-refractivity contribution in [1.82, 2.24) is 5.32 Å². The van der Waals surface area contributed by atoms with Crippen molar-refractivity contribution in [1.29, 1.82) is 0 Å². The molecule has 0 aliphatic heterocycles. The van der Waals surface area contributed by atoms with Gasteiger partial charge in [-0.3, -0.25) is 4.79 Å². The maximum Gasteiger partial charge on any atom is 0.251 e. The van der Waals surface area contributed by atoms with Gasteiger partial charge in [0.2, 0.25) is 0 Å². The first-order valence-corrected chi connectivity index (χ1v) is 9.97. The van der Waals surface area contributed by atoms with Crippen molar-refractivity contribution in [2.24, 2.45) is 0 Å². The molecule has 1 atom stereocenters. The lowest BCUT2D eigenvalue weighted by Gasteiger charge is -2.16. The van der Waals surface area contributed by atoms with Gasteiger partial charge in [-0.25, -0.2) is 4.39 Å². The number of nitrogens with one attached hydrogen (secondary N) is 1. The molecule has 5 heteroatoms. The second kappa shape index (κ2) is 9.92. The lowest BCUT2D eigenvalue weighted by molar-refractivity contribution is 0.0939. The molecule has 0 radical (unpaired) electrons. The van der Waals surface area contributed by atoms with Crippen LogP contribution in [0.1, 0.15) is 46.9 Å². The van der Waals surface area contributed by atoms with Crippen LogP contribution in [0, 0.1) is 12.7 Å². The fourth-order valence-electron chi connectivity index (χ4n) is 3.04. The molecule has 156 valence electrons. The molecule has 0 heterocycles. The number of hydrogen-bond donors (Lipinski definition) is 1. The third kappa shape index (κ3) is 5.60. The number of benzene rings is 3. The Hall–Kier alpha value is -3.34. The monoisotopic (exact) mass is 407 g/mol. The number of ether oxygens (including phenoxy) is 2. The average molecular weight is 407 g/mol. The molecule has 3 rings (SSSR count). The van der Waals surface area contributed by atoms with E-state index in [-0.39, 0.29) is 24.4 Å². The Morgan fingerprint density at radius 1 is 1.00 bits per heavy atom. The third-order valence-electron chi connectivity index (χ3n) is 4.76. The Morgan fingerprint density at radius 2 is 1.70 bits per heavy atom. The molecule has 0 saturated carbocycles. The normalized spacial score (nSPS) is 11.6. The van der Waals surface area contributed by atoms with Gasteiger partial charge in [-0.15, -0.1) is 0 Å². The minimum atomic E-state index is -0.304. The van der Waals surface area contributed by atoms with Crippen molar-refractivity contribution < 1.29 is 18.7 Å². The van der Waals surface area contributed by atoms with Crippen molar-refractivity contribution in [2.75, 3.05) is 6.61 Å². The van der Waals surface area contributed by atoms with Crippen molar-refractivity contribution >= 4 is 5.91 Å². The van der Waals surface area contributed by atoms with Gasteiger partial charge in [0.05, 0.1) is 12.6 Å². The molecule has 0 bridgehead atoms. The molecule has 3 aromatic rings. The second-order valence-corrected chi connectivity index (χ2v) is 7.10. The Morgan fingerprint density at radius 3 is 2.37 bits per heavy atom. The quantitative estimate of drug-likeness (QED) is 0.528. The molecule has 1 N–H and O–H groups in total. The van der Waals surface area contributed by atoms with Crippen molar-refractivity contribution in [2.45, 2.75) is 33.4 Å². The van der Waals surface area contributed by atoms with Gasteiger partial charge in [-0.2, -0.15) is 0 Å². The van der Waals surface area contributed by atoms with Crippen LogP contribution in [0.5, 0.6) is 11.5 Å². The molecule has 30 heavy (non-hydrogen) atoms. The van der Waals surface area contributed by atoms with Crippen molar-refractivity contribution in [3.8, 4) is 11.5 Å². The smallest absolute Gasteiger partial charge is 0.251 e. The van der Waals surface area contributed by atoms with Gasteiger partial charge in [0.15, 0.2) is 0 Å². The Balaban J connectivity index is 1.73. The Kier molecular flexibility index (Phi) is 7.07. The number of hydrogen-bond acceptors (Lipinski definition) is 3. The summed E-state index contributed by atoms with van der Waals surface area (Å²) in [6.45, 7) is 6.60. The zero-order valence-electron chi connectivity index (χ0n) is 17.4. The maximum absolute atomic E-state index is 13.1. The third-order valence-corrected chi connectivity index (χ3v) is 4.76.